The van der Waals surface area contributed by atoms with Crippen LogP contribution in [0.25, 0.3) is 75.7 Å². The number of aromatic nitrogens is 1. The maximum Gasteiger partial charge on any atom is 0.124 e. The maximum absolute atomic E-state index is 5.22. The Kier molecular flexibility index (Phi) is 9.29. The van der Waals surface area contributed by atoms with Gasteiger partial charge in [-0.05, 0) is 120 Å². The van der Waals surface area contributed by atoms with Crippen LogP contribution in [0.1, 0.15) is 22.3 Å². The molecule has 0 fully saturated rings. The fraction of sp³-hybridized carbons (Fsp3) is 0.0156. The molecule has 0 amide bonds. The normalized spacial score (nSPS) is 12.6. The van der Waals surface area contributed by atoms with E-state index < -0.39 is 5.41 Å². The Morgan fingerprint density at radius 2 is 0.866 bits per heavy atom. The summed E-state index contributed by atoms with van der Waals surface area (Å²) in [4.78, 5) is 7.63. The van der Waals surface area contributed by atoms with Crippen molar-refractivity contribution >= 4 is 60.2 Å². The fourth-order valence-corrected chi connectivity index (χ4v) is 11.7. The van der Waals surface area contributed by atoms with E-state index in [1.807, 2.05) is 0 Å². The Hall–Kier alpha value is -8.37. The predicted molar refractivity (Wildman–Crippen MR) is 283 cm³/mol. The van der Waals surface area contributed by atoms with Crippen molar-refractivity contribution in [3.63, 3.8) is 0 Å². The number of hydrogen-bond donors (Lipinski definition) is 0. The van der Waals surface area contributed by atoms with Gasteiger partial charge in [-0.1, -0.05) is 206 Å². The summed E-state index contributed by atoms with van der Waals surface area (Å²) in [6.07, 6.45) is 0. The smallest absolute Gasteiger partial charge is 0.124 e. The summed E-state index contributed by atoms with van der Waals surface area (Å²) in [5.41, 5.74) is 17.4. The molecule has 67 heavy (non-hydrogen) atoms. The van der Waals surface area contributed by atoms with Gasteiger partial charge in [0.15, 0.2) is 0 Å². The van der Waals surface area contributed by atoms with Crippen LogP contribution in [0.4, 0.5) is 17.1 Å². The Balaban J connectivity index is 0.937. The number of nitrogens with zero attached hydrogens (tertiary/aromatic N) is 2. The first-order valence-corrected chi connectivity index (χ1v) is 23.8. The Morgan fingerprint density at radius 3 is 1.54 bits per heavy atom. The van der Waals surface area contributed by atoms with Crippen molar-refractivity contribution in [2.75, 3.05) is 4.90 Å². The molecular formula is C64H42N2S. The van der Waals surface area contributed by atoms with E-state index >= 15 is 0 Å². The molecule has 0 saturated heterocycles. The lowest BCUT2D eigenvalue weighted by molar-refractivity contribution is 0.768. The fourth-order valence-electron chi connectivity index (χ4n) is 10.7. The van der Waals surface area contributed by atoms with E-state index in [0.29, 0.717) is 0 Å². The topological polar surface area (TPSA) is 16.1 Å². The molecule has 3 heteroatoms. The van der Waals surface area contributed by atoms with Gasteiger partial charge in [0, 0.05) is 28.0 Å². The summed E-state index contributed by atoms with van der Waals surface area (Å²) in [6.45, 7) is 0. The molecule has 0 N–H and O–H groups in total. The second-order valence-corrected chi connectivity index (χ2v) is 18.5. The van der Waals surface area contributed by atoms with Gasteiger partial charge < -0.3 is 4.90 Å². The molecule has 0 aliphatic heterocycles. The Bertz CT molecular complexity index is 3730. The molecule has 314 valence electrons. The summed E-state index contributed by atoms with van der Waals surface area (Å²) < 4.78 is 1.21. The third-order valence-corrected chi connectivity index (χ3v) is 14.8. The average Bonchev–Trinajstić information content (AvgIpc) is 3.98. The van der Waals surface area contributed by atoms with Crippen molar-refractivity contribution in [1.29, 1.82) is 0 Å². The highest BCUT2D eigenvalue weighted by atomic mass is 32.1. The van der Waals surface area contributed by atoms with Crippen molar-refractivity contribution in [2.24, 2.45) is 0 Å². The average molecular weight is 871 g/mol. The first kappa shape index (κ1) is 39.0. The van der Waals surface area contributed by atoms with Crippen LogP contribution in [-0.4, -0.2) is 4.98 Å². The number of hydrogen-bond acceptors (Lipinski definition) is 3. The molecule has 0 radical (unpaired) electrons. The second kappa shape index (κ2) is 16.0. The van der Waals surface area contributed by atoms with Crippen molar-refractivity contribution in [1.82, 2.24) is 4.98 Å². The van der Waals surface area contributed by atoms with Gasteiger partial charge in [-0.2, -0.15) is 0 Å². The molecule has 13 rings (SSSR count). The zero-order valence-corrected chi connectivity index (χ0v) is 37.4. The number of anilines is 3. The summed E-state index contributed by atoms with van der Waals surface area (Å²) in [7, 11) is 0. The van der Waals surface area contributed by atoms with Gasteiger partial charge in [0.1, 0.15) is 5.01 Å². The van der Waals surface area contributed by atoms with Crippen molar-refractivity contribution in [3.05, 3.63) is 277 Å². The first-order valence-electron chi connectivity index (χ1n) is 22.9. The maximum atomic E-state index is 5.22. The molecule has 1 heterocycles. The Labute approximate surface area is 394 Å². The molecule has 11 aromatic carbocycles. The lowest BCUT2D eigenvalue weighted by Crippen LogP contribution is -2.28. The summed E-state index contributed by atoms with van der Waals surface area (Å²) in [5, 5.41) is 5.90. The first-order chi connectivity index (χ1) is 33.2. The van der Waals surface area contributed by atoms with E-state index in [1.54, 1.807) is 11.3 Å². The highest BCUT2D eigenvalue weighted by Gasteiger charge is 2.46. The monoisotopic (exact) mass is 870 g/mol. The second-order valence-electron chi connectivity index (χ2n) is 17.4. The largest absolute Gasteiger partial charge is 0.310 e. The molecule has 0 atom stereocenters. The minimum atomic E-state index is -0.506. The van der Waals surface area contributed by atoms with E-state index in [0.717, 1.165) is 33.1 Å². The van der Waals surface area contributed by atoms with Gasteiger partial charge in [-0.25, -0.2) is 4.98 Å². The van der Waals surface area contributed by atoms with E-state index in [4.69, 9.17) is 4.98 Å². The highest BCUT2D eigenvalue weighted by Crippen LogP contribution is 2.57. The van der Waals surface area contributed by atoms with E-state index in [2.05, 4.69) is 260 Å². The Morgan fingerprint density at radius 1 is 0.358 bits per heavy atom. The van der Waals surface area contributed by atoms with Gasteiger partial charge in [-0.15, -0.1) is 11.3 Å². The molecule has 0 spiro atoms. The molecule has 12 aromatic rings. The van der Waals surface area contributed by atoms with Gasteiger partial charge in [0.2, 0.25) is 0 Å². The standard InChI is InChI=1S/C64H42N2S/c1-5-15-43(16-6-1)44-27-33-52(34-28-44)66(54-37-39-57-56-23-13-14-24-58(56)64(59(57)42-54,50-19-9-3-10-20-50)51-21-11-4-12-22-51)53-35-29-45(30-36-53)48-31-38-55-49(41-48)26-25-46-32-40-60-62(61(46)55)65-63(67-60)47-17-7-2-8-18-47/h1-42H. The van der Waals surface area contributed by atoms with Gasteiger partial charge >= 0.3 is 0 Å². The van der Waals surface area contributed by atoms with Crippen LogP contribution in [0.3, 0.4) is 0 Å². The SMILES string of the molecule is c1ccc(-c2ccc(N(c3ccc(-c4ccc5c(ccc6ccc7sc(-c8ccccc8)nc7c65)c4)cc3)c3ccc4c(c3)C(c3ccccc3)(c3ccccc3)c3ccccc3-4)cc2)cc1. The van der Waals surface area contributed by atoms with Crippen LogP contribution in [0, 0.1) is 0 Å². The number of fused-ring (bicyclic) bond motifs is 8. The third-order valence-electron chi connectivity index (χ3n) is 13.8. The van der Waals surface area contributed by atoms with Crippen molar-refractivity contribution < 1.29 is 0 Å². The molecule has 2 nitrogen and oxygen atoms in total. The van der Waals surface area contributed by atoms with Crippen LogP contribution < -0.4 is 4.90 Å². The van der Waals surface area contributed by atoms with Crippen LogP contribution in [0.2, 0.25) is 0 Å². The number of thiazole rings is 1. The zero-order chi connectivity index (χ0) is 44.3. The zero-order valence-electron chi connectivity index (χ0n) is 36.6. The quantitative estimate of drug-likeness (QED) is 0.141. The highest BCUT2D eigenvalue weighted by molar-refractivity contribution is 7.21. The van der Waals surface area contributed by atoms with Crippen LogP contribution >= 0.6 is 11.3 Å². The van der Waals surface area contributed by atoms with Crippen LogP contribution in [0.5, 0.6) is 0 Å². The number of rotatable bonds is 8. The molecule has 0 unspecified atom stereocenters. The van der Waals surface area contributed by atoms with Crippen LogP contribution in [-0.2, 0) is 5.41 Å². The predicted octanol–water partition coefficient (Wildman–Crippen LogP) is 17.4. The molecule has 0 saturated carbocycles. The molecule has 1 aromatic heterocycles. The van der Waals surface area contributed by atoms with Gasteiger partial charge in [-0.3, -0.25) is 0 Å². The molecule has 1 aliphatic rings. The summed E-state index contributed by atoms with van der Waals surface area (Å²) in [5.74, 6) is 0. The van der Waals surface area contributed by atoms with E-state index in [1.165, 1.54) is 81.9 Å². The molecular weight excluding hydrogens is 829 g/mol. The number of benzene rings is 11. The molecule has 1 aliphatic carbocycles. The van der Waals surface area contributed by atoms with Gasteiger partial charge in [0.25, 0.3) is 0 Å². The third kappa shape index (κ3) is 6.42. The minimum absolute atomic E-state index is 0.506. The van der Waals surface area contributed by atoms with Crippen molar-refractivity contribution in [3.8, 4) is 44.0 Å². The summed E-state index contributed by atoms with van der Waals surface area (Å²) >= 11 is 1.76. The molecule has 0 bridgehead atoms. The van der Waals surface area contributed by atoms with E-state index in [-0.39, 0.29) is 0 Å². The lowest BCUT2D eigenvalue weighted by atomic mass is 9.67. The van der Waals surface area contributed by atoms with Gasteiger partial charge in [0.05, 0.1) is 15.6 Å². The lowest BCUT2D eigenvalue weighted by Gasteiger charge is -2.35. The summed E-state index contributed by atoms with van der Waals surface area (Å²) in [6, 6.07) is 93.2. The van der Waals surface area contributed by atoms with Crippen molar-refractivity contribution in [2.45, 2.75) is 5.41 Å². The van der Waals surface area contributed by atoms with E-state index in [9.17, 15) is 0 Å². The van der Waals surface area contributed by atoms with Crippen LogP contribution in [0.15, 0.2) is 255 Å². The minimum Gasteiger partial charge on any atom is -0.310 e.